The molecule has 0 aromatic carbocycles. The van der Waals surface area contributed by atoms with Gasteiger partial charge >= 0.3 is 11.7 Å². The van der Waals surface area contributed by atoms with Crippen LogP contribution in [-0.2, 0) is 0 Å². The summed E-state index contributed by atoms with van der Waals surface area (Å²) in [7, 11) is 0. The van der Waals surface area contributed by atoms with E-state index >= 15 is 0 Å². The van der Waals surface area contributed by atoms with Crippen molar-refractivity contribution in [3.05, 3.63) is 32.6 Å². The number of nitrogens with one attached hydrogen (secondary N) is 2. The van der Waals surface area contributed by atoms with E-state index in [1.54, 1.807) is 0 Å². The number of H-pyrrole nitrogens is 2. The molecule has 59 valence electrons. The van der Waals surface area contributed by atoms with Crippen LogP contribution in [0.4, 0.5) is 0 Å². The molecular weight excluding hydrogens is 159 g/mol. The topological polar surface area (TPSA) is 103 Å². The molecule has 0 bridgehead atoms. The maximum Gasteiger partial charge on any atom is 0.352 e. The monoisotopic (exact) mass is 163 g/mol. The van der Waals surface area contributed by atoms with Crippen LogP contribution in [-0.4, -0.2) is 39.9 Å². The van der Waals surface area contributed by atoms with Gasteiger partial charge in [0.25, 0.3) is 5.56 Å². The van der Waals surface area contributed by atoms with Crippen LogP contribution in [0.3, 0.4) is 0 Å². The molecule has 1 radical (unpaired) electrons. The third kappa shape index (κ3) is 2.41. The van der Waals surface area contributed by atoms with E-state index in [1.807, 2.05) is 9.97 Å². The fourth-order valence-electron chi connectivity index (χ4n) is 0.584. The number of aromatic carboxylic acids is 1. The second kappa shape index (κ2) is 3.95. The first-order valence-electron chi connectivity index (χ1n) is 2.66. The molecule has 0 spiro atoms. The third-order valence-electron chi connectivity index (χ3n) is 0.991. The minimum absolute atomic E-state index is 0. The first kappa shape index (κ1) is 10.7. The molecule has 0 unspecified atom stereocenters. The Morgan fingerprint density at radius 2 is 1.92 bits per heavy atom. The Balaban J connectivity index is 0.00000121. The van der Waals surface area contributed by atoms with Gasteiger partial charge in [-0.25, -0.2) is 9.59 Å². The van der Waals surface area contributed by atoms with Crippen LogP contribution in [0.25, 0.3) is 0 Å². The van der Waals surface area contributed by atoms with Crippen LogP contribution >= 0.6 is 0 Å². The van der Waals surface area contributed by atoms with E-state index < -0.39 is 22.9 Å². The van der Waals surface area contributed by atoms with Crippen molar-refractivity contribution in [1.82, 2.24) is 9.97 Å². The molecule has 0 aliphatic heterocycles. The zero-order valence-corrected chi connectivity index (χ0v) is 6.25. The van der Waals surface area contributed by atoms with Gasteiger partial charge in [0.1, 0.15) is 5.69 Å². The fraction of sp³-hybridized carbons (Fsp3) is 0. The first-order chi connectivity index (χ1) is 5.09. The Hall–Kier alpha value is -1.25. The summed E-state index contributed by atoms with van der Waals surface area (Å²) in [5, 5.41) is 8.31. The summed E-state index contributed by atoms with van der Waals surface area (Å²) in [6, 6.07) is 0.795. The van der Waals surface area contributed by atoms with Gasteiger partial charge < -0.3 is 10.1 Å². The molecule has 12 heavy (non-hydrogen) atoms. The van der Waals surface area contributed by atoms with E-state index in [-0.39, 0.29) is 18.9 Å². The van der Waals surface area contributed by atoms with Gasteiger partial charge in [0.05, 0.1) is 0 Å². The Kier molecular flexibility index (Phi) is 3.53. The van der Waals surface area contributed by atoms with Gasteiger partial charge in [-0.05, 0) is 0 Å². The molecule has 0 atom stereocenters. The summed E-state index contributed by atoms with van der Waals surface area (Å²) < 4.78 is 0. The average molecular weight is 163 g/mol. The summed E-state index contributed by atoms with van der Waals surface area (Å²) >= 11 is 0. The van der Waals surface area contributed by atoms with Crippen molar-refractivity contribution in [3.63, 3.8) is 0 Å². The predicted molar refractivity (Wildman–Crippen MR) is 40.4 cm³/mol. The standard InChI is InChI=1S/C5H4N2O4.Li/c8-3-1-2(4(9)10)6-5(11)7-3;/h1H,(H,9,10)(H2,6,7,8,11);. The second-order valence-corrected chi connectivity index (χ2v) is 1.81. The van der Waals surface area contributed by atoms with Crippen molar-refractivity contribution >= 4 is 24.8 Å². The summed E-state index contributed by atoms with van der Waals surface area (Å²) in [6.07, 6.45) is 0. The van der Waals surface area contributed by atoms with Gasteiger partial charge in [0.2, 0.25) is 0 Å². The van der Waals surface area contributed by atoms with Crippen molar-refractivity contribution in [2.45, 2.75) is 0 Å². The van der Waals surface area contributed by atoms with Gasteiger partial charge in [-0.1, -0.05) is 0 Å². The molecule has 0 amide bonds. The normalized spacial score (nSPS) is 8.67. The number of rotatable bonds is 1. The summed E-state index contributed by atoms with van der Waals surface area (Å²) in [4.78, 5) is 34.9. The van der Waals surface area contributed by atoms with Gasteiger partial charge in [0, 0.05) is 24.9 Å². The summed E-state index contributed by atoms with van der Waals surface area (Å²) in [6.45, 7) is 0. The Labute approximate surface area is 77.8 Å². The van der Waals surface area contributed by atoms with Crippen molar-refractivity contribution in [1.29, 1.82) is 0 Å². The van der Waals surface area contributed by atoms with Crippen molar-refractivity contribution < 1.29 is 9.90 Å². The number of carbonyl (C=O) groups is 1. The number of carboxylic acid groups (broad SMARTS) is 1. The summed E-state index contributed by atoms with van der Waals surface area (Å²) in [5.74, 6) is -1.34. The van der Waals surface area contributed by atoms with Crippen LogP contribution in [0, 0.1) is 0 Å². The zero-order chi connectivity index (χ0) is 8.43. The molecule has 7 heteroatoms. The van der Waals surface area contributed by atoms with Crippen LogP contribution in [0.1, 0.15) is 10.5 Å². The van der Waals surface area contributed by atoms with Crippen LogP contribution in [0.15, 0.2) is 15.7 Å². The quantitative estimate of drug-likeness (QED) is 0.433. The minimum Gasteiger partial charge on any atom is -0.477 e. The van der Waals surface area contributed by atoms with E-state index in [9.17, 15) is 14.4 Å². The van der Waals surface area contributed by atoms with E-state index in [1.165, 1.54) is 0 Å². The van der Waals surface area contributed by atoms with Crippen LogP contribution < -0.4 is 11.2 Å². The van der Waals surface area contributed by atoms with E-state index in [0.717, 1.165) is 6.07 Å². The van der Waals surface area contributed by atoms with Crippen LogP contribution in [0.5, 0.6) is 0 Å². The van der Waals surface area contributed by atoms with Crippen molar-refractivity contribution in [2.75, 3.05) is 0 Å². The number of hydrogen-bond donors (Lipinski definition) is 3. The average Bonchev–Trinajstić information content (AvgIpc) is 1.85. The smallest absolute Gasteiger partial charge is 0.352 e. The number of hydrogen-bond acceptors (Lipinski definition) is 3. The van der Waals surface area contributed by atoms with Gasteiger partial charge in [0.15, 0.2) is 0 Å². The molecule has 0 saturated carbocycles. The largest absolute Gasteiger partial charge is 0.477 e. The Bertz CT molecular complexity index is 365. The maximum atomic E-state index is 10.5. The molecule has 0 fully saturated rings. The maximum absolute atomic E-state index is 10.5. The molecule has 6 nitrogen and oxygen atoms in total. The molecule has 0 aliphatic carbocycles. The fourth-order valence-corrected chi connectivity index (χ4v) is 0.584. The molecule has 1 rings (SSSR count). The van der Waals surface area contributed by atoms with E-state index in [0.29, 0.717) is 0 Å². The number of carboxylic acids is 1. The Morgan fingerprint density at radius 1 is 1.33 bits per heavy atom. The molecule has 0 aliphatic rings. The molecule has 1 aromatic heterocycles. The van der Waals surface area contributed by atoms with Crippen molar-refractivity contribution in [3.8, 4) is 0 Å². The van der Waals surface area contributed by atoms with Gasteiger partial charge in [-0.2, -0.15) is 0 Å². The molecule has 3 N–H and O–H groups in total. The molecule has 0 saturated heterocycles. The van der Waals surface area contributed by atoms with E-state index in [2.05, 4.69) is 0 Å². The minimum atomic E-state index is -1.34. The van der Waals surface area contributed by atoms with Crippen LogP contribution in [0.2, 0.25) is 0 Å². The summed E-state index contributed by atoms with van der Waals surface area (Å²) in [5.41, 5.74) is -1.97. The third-order valence-corrected chi connectivity index (χ3v) is 0.991. The van der Waals surface area contributed by atoms with Gasteiger partial charge in [-0.15, -0.1) is 0 Å². The molecule has 1 aromatic rings. The Morgan fingerprint density at radius 3 is 2.33 bits per heavy atom. The second-order valence-electron chi connectivity index (χ2n) is 1.81. The number of aromatic amines is 2. The molecule has 1 heterocycles. The SMILES string of the molecule is O=C(O)c1cc(=O)[nH]c(=O)[nH]1.[Li]. The first-order valence-corrected chi connectivity index (χ1v) is 2.66. The van der Waals surface area contributed by atoms with Gasteiger partial charge in [-0.3, -0.25) is 9.78 Å². The zero-order valence-electron chi connectivity index (χ0n) is 6.25. The van der Waals surface area contributed by atoms with Crippen molar-refractivity contribution in [2.24, 2.45) is 0 Å². The van der Waals surface area contributed by atoms with E-state index in [4.69, 9.17) is 5.11 Å². The predicted octanol–water partition coefficient (Wildman–Crippen LogP) is -1.62. The number of aromatic nitrogens is 2. The molecular formula is C5H4LiN2O4.